The molecule has 0 radical (unpaired) electrons. The fourth-order valence-electron chi connectivity index (χ4n) is 5.15. The van der Waals surface area contributed by atoms with Crippen molar-refractivity contribution >= 4 is 17.8 Å². The Hall–Kier alpha value is -4.69. The van der Waals surface area contributed by atoms with E-state index in [1.165, 1.54) is 0 Å². The van der Waals surface area contributed by atoms with E-state index in [1.54, 1.807) is 19.1 Å². The summed E-state index contributed by atoms with van der Waals surface area (Å²) in [4.78, 5) is 39.0. The molecule has 8 nitrogen and oxygen atoms in total. The summed E-state index contributed by atoms with van der Waals surface area (Å²) in [7, 11) is 0. The number of hydrogen-bond acceptors (Lipinski definition) is 6. The molecule has 2 amide bonds. The summed E-state index contributed by atoms with van der Waals surface area (Å²) in [5.41, 5.74) is 3.05. The van der Waals surface area contributed by atoms with E-state index in [9.17, 15) is 19.5 Å². The molecule has 0 bridgehead atoms. The van der Waals surface area contributed by atoms with E-state index in [0.29, 0.717) is 38.7 Å². The van der Waals surface area contributed by atoms with Gasteiger partial charge in [-0.15, -0.1) is 13.2 Å². The lowest BCUT2D eigenvalue weighted by atomic mass is 9.95. The van der Waals surface area contributed by atoms with Gasteiger partial charge in [0.05, 0.1) is 31.0 Å². The number of hydrogen-bond donors (Lipinski definition) is 3. The van der Waals surface area contributed by atoms with Crippen LogP contribution in [0.5, 0.6) is 5.75 Å². The lowest BCUT2D eigenvalue weighted by molar-refractivity contribution is -0.153. The number of esters is 1. The van der Waals surface area contributed by atoms with Crippen LogP contribution in [0.25, 0.3) is 0 Å². The molecule has 0 aliphatic carbocycles. The molecule has 0 aliphatic rings. The Balaban J connectivity index is 1.45. The predicted molar refractivity (Wildman–Crippen MR) is 184 cm³/mol. The van der Waals surface area contributed by atoms with Crippen LogP contribution in [0.2, 0.25) is 0 Å². The molecule has 3 aromatic carbocycles. The van der Waals surface area contributed by atoms with E-state index in [2.05, 4.69) is 23.8 Å². The molecule has 0 aliphatic heterocycles. The maximum Gasteiger partial charge on any atom is 0.309 e. The minimum absolute atomic E-state index is 0.0739. The number of aliphatic hydroxyl groups is 1. The van der Waals surface area contributed by atoms with Crippen LogP contribution < -0.4 is 15.4 Å². The number of carbonyl (C=O) groups excluding carboxylic acids is 3. The largest absolute Gasteiger partial charge is 0.489 e. The van der Waals surface area contributed by atoms with Gasteiger partial charge in [0.25, 0.3) is 0 Å². The maximum atomic E-state index is 13.0. The van der Waals surface area contributed by atoms with Crippen molar-refractivity contribution in [1.82, 2.24) is 10.6 Å². The quantitative estimate of drug-likeness (QED) is 0.101. The molecule has 0 unspecified atom stereocenters. The van der Waals surface area contributed by atoms with Crippen molar-refractivity contribution in [3.63, 3.8) is 0 Å². The third-order valence-electron chi connectivity index (χ3n) is 7.75. The number of carbonyl (C=O) groups is 3. The monoisotopic (exact) mass is 640 g/mol. The van der Waals surface area contributed by atoms with Gasteiger partial charge >= 0.3 is 5.97 Å². The minimum Gasteiger partial charge on any atom is -0.489 e. The highest BCUT2D eigenvalue weighted by Crippen LogP contribution is 2.18. The number of amides is 2. The Morgan fingerprint density at radius 1 is 0.830 bits per heavy atom. The molecule has 0 saturated heterocycles. The summed E-state index contributed by atoms with van der Waals surface area (Å²) in [5, 5.41) is 15.6. The highest BCUT2D eigenvalue weighted by atomic mass is 16.5. The molecule has 250 valence electrons. The third-order valence-corrected chi connectivity index (χ3v) is 7.75. The minimum atomic E-state index is -0.658. The molecular weight excluding hydrogens is 592 g/mol. The highest BCUT2D eigenvalue weighted by molar-refractivity contribution is 5.86. The van der Waals surface area contributed by atoms with E-state index in [0.717, 1.165) is 22.4 Å². The van der Waals surface area contributed by atoms with Crippen molar-refractivity contribution in [2.24, 2.45) is 11.8 Å². The average molecular weight is 641 g/mol. The molecule has 3 aromatic rings. The topological polar surface area (TPSA) is 114 Å². The fraction of sp³-hybridized carbons (Fsp3) is 0.359. The lowest BCUT2D eigenvalue weighted by Gasteiger charge is -2.22. The molecule has 47 heavy (non-hydrogen) atoms. The van der Waals surface area contributed by atoms with Crippen molar-refractivity contribution in [3.8, 4) is 5.75 Å². The van der Waals surface area contributed by atoms with Gasteiger partial charge in [-0.05, 0) is 67.9 Å². The van der Waals surface area contributed by atoms with Crippen molar-refractivity contribution in [2.45, 2.75) is 64.2 Å². The summed E-state index contributed by atoms with van der Waals surface area (Å²) < 4.78 is 11.5. The van der Waals surface area contributed by atoms with Crippen LogP contribution in [0.15, 0.2) is 110 Å². The Morgan fingerprint density at radius 3 is 2.09 bits per heavy atom. The molecule has 3 N–H and O–H groups in total. The summed E-state index contributed by atoms with van der Waals surface area (Å²) in [6.07, 6.45) is 5.34. The first-order chi connectivity index (χ1) is 22.8. The number of ether oxygens (including phenoxy) is 2. The first kappa shape index (κ1) is 36.8. The Morgan fingerprint density at radius 2 is 1.47 bits per heavy atom. The van der Waals surface area contributed by atoms with Crippen LogP contribution in [-0.2, 0) is 38.6 Å². The Bertz CT molecular complexity index is 1390. The van der Waals surface area contributed by atoms with Gasteiger partial charge in [0.1, 0.15) is 18.5 Å². The van der Waals surface area contributed by atoms with E-state index < -0.39 is 18.1 Å². The van der Waals surface area contributed by atoms with Gasteiger partial charge < -0.3 is 25.2 Å². The molecule has 4 atom stereocenters. The zero-order chi connectivity index (χ0) is 33.9. The van der Waals surface area contributed by atoms with Crippen LogP contribution in [0.3, 0.4) is 0 Å². The van der Waals surface area contributed by atoms with Gasteiger partial charge in [0.15, 0.2) is 0 Å². The second-order valence-electron chi connectivity index (χ2n) is 11.7. The van der Waals surface area contributed by atoms with Crippen LogP contribution in [0.1, 0.15) is 49.3 Å². The molecule has 0 saturated carbocycles. The van der Waals surface area contributed by atoms with Gasteiger partial charge in [-0.25, -0.2) is 0 Å². The SMILES string of the molecule is C=CCC[C@H](Cc1ccccc1)C(=O)O[C@@H](C)CNC(=O)[C@@H](CC=C)CC(=O)N[C@H](CO)Cc1ccc(OCc2ccccc2)cc1. The summed E-state index contributed by atoms with van der Waals surface area (Å²) in [6.45, 7) is 9.56. The zero-order valence-electron chi connectivity index (χ0n) is 27.3. The number of benzene rings is 3. The normalized spacial score (nSPS) is 13.3. The van der Waals surface area contributed by atoms with E-state index >= 15 is 0 Å². The van der Waals surface area contributed by atoms with Crippen molar-refractivity contribution in [2.75, 3.05) is 13.2 Å². The highest BCUT2D eigenvalue weighted by Gasteiger charge is 2.25. The van der Waals surface area contributed by atoms with Crippen LogP contribution in [-0.4, -0.2) is 48.2 Å². The molecule has 3 rings (SSSR count). The number of nitrogens with one attached hydrogen (secondary N) is 2. The zero-order valence-corrected chi connectivity index (χ0v) is 27.3. The molecule has 0 heterocycles. The van der Waals surface area contributed by atoms with Gasteiger partial charge in [-0.2, -0.15) is 0 Å². The summed E-state index contributed by atoms with van der Waals surface area (Å²) in [5.74, 6) is -1.25. The smallest absolute Gasteiger partial charge is 0.309 e. The van der Waals surface area contributed by atoms with Gasteiger partial charge in [0.2, 0.25) is 11.8 Å². The van der Waals surface area contributed by atoms with Gasteiger partial charge in [0, 0.05) is 6.42 Å². The average Bonchev–Trinajstić information content (AvgIpc) is 3.09. The fourth-order valence-corrected chi connectivity index (χ4v) is 5.15. The molecular formula is C39H48N2O6. The van der Waals surface area contributed by atoms with E-state index in [-0.39, 0.29) is 43.3 Å². The Labute approximate surface area is 278 Å². The first-order valence-corrected chi connectivity index (χ1v) is 16.2. The molecule has 0 aromatic heterocycles. The van der Waals surface area contributed by atoms with Gasteiger partial charge in [-0.1, -0.05) is 84.9 Å². The number of rotatable bonds is 21. The molecule has 0 spiro atoms. The second kappa shape index (κ2) is 20.4. The van der Waals surface area contributed by atoms with E-state index in [1.807, 2.05) is 84.9 Å². The summed E-state index contributed by atoms with van der Waals surface area (Å²) >= 11 is 0. The van der Waals surface area contributed by atoms with Crippen LogP contribution in [0, 0.1) is 11.8 Å². The van der Waals surface area contributed by atoms with Crippen molar-refractivity contribution in [3.05, 3.63) is 127 Å². The van der Waals surface area contributed by atoms with Crippen LogP contribution in [0.4, 0.5) is 0 Å². The predicted octanol–water partition coefficient (Wildman–Crippen LogP) is 5.74. The van der Waals surface area contributed by atoms with E-state index in [4.69, 9.17) is 9.47 Å². The van der Waals surface area contributed by atoms with Crippen LogP contribution >= 0.6 is 0 Å². The molecule has 0 fully saturated rings. The number of allylic oxidation sites excluding steroid dienone is 2. The second-order valence-corrected chi connectivity index (χ2v) is 11.7. The maximum absolute atomic E-state index is 13.0. The van der Waals surface area contributed by atoms with Gasteiger partial charge in [-0.3, -0.25) is 14.4 Å². The number of aliphatic hydroxyl groups excluding tert-OH is 1. The van der Waals surface area contributed by atoms with Crippen molar-refractivity contribution < 1.29 is 29.0 Å². The Kier molecular flexibility index (Phi) is 16.0. The standard InChI is InChI=1S/C39H48N2O6/c1-4-6-18-34(23-30-14-9-7-10-15-30)39(45)47-29(3)26-40-38(44)33(13-5-2)25-37(43)41-35(27-42)24-31-19-21-36(22-20-31)46-28-32-16-11-8-12-17-32/h4-5,7-12,14-17,19-22,29,33-35,42H,1-2,6,13,18,23-28H2,3H3,(H,40,44)(H,41,43)/t29-,33-,34+,35-/m0/s1. The van der Waals surface area contributed by atoms with Crippen molar-refractivity contribution in [1.29, 1.82) is 0 Å². The summed E-state index contributed by atoms with van der Waals surface area (Å²) in [6, 6.07) is 26.7. The lowest BCUT2D eigenvalue weighted by Crippen LogP contribution is -2.42. The third kappa shape index (κ3) is 13.7. The first-order valence-electron chi connectivity index (χ1n) is 16.2. The molecule has 8 heteroatoms.